The van der Waals surface area contributed by atoms with Gasteiger partial charge in [-0.05, 0) is 32.4 Å². The lowest BCUT2D eigenvalue weighted by molar-refractivity contribution is 0.0356. The van der Waals surface area contributed by atoms with Gasteiger partial charge in [0.25, 0.3) is 0 Å². The quantitative estimate of drug-likeness (QED) is 0.232. The highest BCUT2D eigenvalue weighted by Gasteiger charge is 2.41. The maximum Gasteiger partial charge on any atom is 0.375 e. The number of nitrogens with zero attached hydrogens (tertiary/aromatic N) is 4. The number of aromatic nitrogens is 4. The van der Waals surface area contributed by atoms with Crippen LogP contribution < -0.4 is 0 Å². The van der Waals surface area contributed by atoms with E-state index < -0.39 is 19.4 Å². The molecule has 2 aromatic heterocycles. The Labute approximate surface area is 191 Å². The maximum atomic E-state index is 13.5. The predicted molar refractivity (Wildman–Crippen MR) is 119 cm³/mol. The second-order valence-electron chi connectivity index (χ2n) is 6.71. The number of benzene rings is 1. The molecule has 3 aromatic rings. The summed E-state index contributed by atoms with van der Waals surface area (Å²) in [5.74, 6) is -2.03. The van der Waals surface area contributed by atoms with Crippen LogP contribution in [-0.4, -0.2) is 39.2 Å². The number of pyridine rings is 1. The molecule has 2 heterocycles. The molecule has 0 fully saturated rings. The van der Waals surface area contributed by atoms with E-state index in [1.165, 1.54) is 0 Å². The monoisotopic (exact) mass is 478 g/mol. The predicted octanol–water partition coefficient (Wildman–Crippen LogP) is 4.80. The number of hydrogen-bond acceptors (Lipinski definition) is 8. The number of carbonyl (C=O) groups is 1. The van der Waals surface area contributed by atoms with Gasteiger partial charge in [0.2, 0.25) is 5.85 Å². The molecule has 0 saturated heterocycles. The molecular weight excluding hydrogens is 455 g/mol. The van der Waals surface area contributed by atoms with Crippen molar-refractivity contribution in [1.82, 2.24) is 20.0 Å². The summed E-state index contributed by atoms with van der Waals surface area (Å²) in [6.07, 6.45) is 1.62. The first kappa shape index (κ1) is 24.1. The summed E-state index contributed by atoms with van der Waals surface area (Å²) in [5, 5.41) is 8.40. The molecule has 9 nitrogen and oxygen atoms in total. The first-order chi connectivity index (χ1) is 15.4. The highest BCUT2D eigenvalue weighted by atomic mass is 35.5. The Kier molecular flexibility index (Phi) is 8.15. The molecule has 32 heavy (non-hydrogen) atoms. The molecule has 0 aliphatic heterocycles. The number of hydrogen-bond donors (Lipinski definition) is 0. The Morgan fingerprint density at radius 1 is 1.12 bits per heavy atom. The standard InChI is InChI=1S/C21H24ClN4O5P/c1-4-29-32(28,30-5-2)21(17-9-7-6-8-10-17)31-20(27)19-15(3)26(25-24-19)14-16-11-12-18(22)23-13-16/h6-13,21H,4-5,14H2,1-3H3. The Balaban J connectivity index is 1.87. The number of ether oxygens (including phenoxy) is 1. The molecule has 1 aromatic carbocycles. The third-order valence-electron chi connectivity index (χ3n) is 4.51. The van der Waals surface area contributed by atoms with Crippen LogP contribution >= 0.6 is 19.2 Å². The van der Waals surface area contributed by atoms with Crippen LogP contribution in [0.3, 0.4) is 0 Å². The van der Waals surface area contributed by atoms with Gasteiger partial charge in [-0.1, -0.05) is 53.2 Å². The lowest BCUT2D eigenvalue weighted by atomic mass is 10.2. The van der Waals surface area contributed by atoms with E-state index in [-0.39, 0.29) is 18.9 Å². The van der Waals surface area contributed by atoms with Crippen LogP contribution in [0.1, 0.15) is 47.0 Å². The largest absolute Gasteiger partial charge is 0.440 e. The first-order valence-electron chi connectivity index (χ1n) is 10.0. The van der Waals surface area contributed by atoms with E-state index in [0.717, 1.165) is 5.56 Å². The molecule has 1 atom stereocenters. The lowest BCUT2D eigenvalue weighted by Crippen LogP contribution is -2.16. The smallest absolute Gasteiger partial charge is 0.375 e. The zero-order valence-corrected chi connectivity index (χ0v) is 19.6. The zero-order valence-electron chi connectivity index (χ0n) is 18.0. The minimum atomic E-state index is -3.81. The molecule has 0 saturated carbocycles. The zero-order chi connectivity index (χ0) is 23.1. The van der Waals surface area contributed by atoms with Gasteiger partial charge in [0.05, 0.1) is 25.5 Å². The van der Waals surface area contributed by atoms with Gasteiger partial charge in [0.1, 0.15) is 5.15 Å². The van der Waals surface area contributed by atoms with Crippen LogP contribution in [0.4, 0.5) is 0 Å². The SMILES string of the molecule is CCOP(=O)(OCC)C(OC(=O)c1nnn(Cc2ccc(Cl)nc2)c1C)c1ccccc1. The van der Waals surface area contributed by atoms with Crippen molar-refractivity contribution >= 4 is 25.2 Å². The fourth-order valence-corrected chi connectivity index (χ4v) is 4.93. The Hall–Kier alpha value is -2.58. The summed E-state index contributed by atoms with van der Waals surface area (Å²) in [7, 11) is -3.81. The van der Waals surface area contributed by atoms with Crippen molar-refractivity contribution in [3.63, 3.8) is 0 Å². The van der Waals surface area contributed by atoms with Crippen LogP contribution in [-0.2, 0) is 24.9 Å². The van der Waals surface area contributed by atoms with Crippen LogP contribution in [0.15, 0.2) is 48.7 Å². The van der Waals surface area contributed by atoms with E-state index in [1.54, 1.807) is 74.1 Å². The normalized spacial score (nSPS) is 12.5. The Morgan fingerprint density at radius 2 is 1.81 bits per heavy atom. The number of rotatable bonds is 10. The minimum Gasteiger partial charge on any atom is -0.440 e. The molecule has 0 spiro atoms. The topological polar surface area (TPSA) is 105 Å². The van der Waals surface area contributed by atoms with Crippen LogP contribution in [0.5, 0.6) is 0 Å². The molecule has 0 aliphatic rings. The molecule has 3 rings (SSSR count). The van der Waals surface area contributed by atoms with Crippen molar-refractivity contribution in [1.29, 1.82) is 0 Å². The lowest BCUT2D eigenvalue weighted by Gasteiger charge is -2.26. The van der Waals surface area contributed by atoms with Crippen molar-refractivity contribution in [2.24, 2.45) is 0 Å². The van der Waals surface area contributed by atoms with Crippen LogP contribution in [0.2, 0.25) is 5.15 Å². The summed E-state index contributed by atoms with van der Waals surface area (Å²) >= 11 is 5.82. The molecule has 0 amide bonds. The van der Waals surface area contributed by atoms with Crippen molar-refractivity contribution in [2.75, 3.05) is 13.2 Å². The molecule has 170 valence electrons. The van der Waals surface area contributed by atoms with Crippen molar-refractivity contribution in [3.05, 3.63) is 76.3 Å². The molecule has 0 aliphatic carbocycles. The Morgan fingerprint density at radius 3 is 2.41 bits per heavy atom. The van der Waals surface area contributed by atoms with Gasteiger partial charge in [-0.15, -0.1) is 5.10 Å². The average Bonchev–Trinajstić information content (AvgIpc) is 3.14. The molecular formula is C21H24ClN4O5P. The van der Waals surface area contributed by atoms with E-state index >= 15 is 0 Å². The summed E-state index contributed by atoms with van der Waals surface area (Å²) in [6.45, 7) is 5.68. The molecule has 0 bridgehead atoms. The van der Waals surface area contributed by atoms with Gasteiger partial charge in [-0.3, -0.25) is 4.57 Å². The fraction of sp³-hybridized carbons (Fsp3) is 0.333. The van der Waals surface area contributed by atoms with Crippen LogP contribution in [0.25, 0.3) is 0 Å². The van der Waals surface area contributed by atoms with Gasteiger partial charge < -0.3 is 13.8 Å². The second-order valence-corrected chi connectivity index (χ2v) is 9.17. The first-order valence-corrected chi connectivity index (χ1v) is 12.0. The van der Waals surface area contributed by atoms with Gasteiger partial charge in [0, 0.05) is 11.8 Å². The third-order valence-corrected chi connectivity index (χ3v) is 6.94. The van der Waals surface area contributed by atoms with Gasteiger partial charge in [-0.2, -0.15) is 0 Å². The van der Waals surface area contributed by atoms with E-state index in [0.29, 0.717) is 23.0 Å². The second kappa shape index (κ2) is 10.8. The maximum absolute atomic E-state index is 13.5. The summed E-state index contributed by atoms with van der Waals surface area (Å²) in [4.78, 5) is 17.0. The van der Waals surface area contributed by atoms with Crippen molar-refractivity contribution in [3.8, 4) is 0 Å². The number of esters is 1. The van der Waals surface area contributed by atoms with Gasteiger partial charge in [0.15, 0.2) is 5.69 Å². The summed E-state index contributed by atoms with van der Waals surface area (Å²) < 4.78 is 31.5. The third kappa shape index (κ3) is 5.61. The van der Waals surface area contributed by atoms with Crippen LogP contribution in [0, 0.1) is 6.92 Å². The van der Waals surface area contributed by atoms with Gasteiger partial charge in [-0.25, -0.2) is 14.5 Å². The average molecular weight is 479 g/mol. The summed E-state index contributed by atoms with van der Waals surface area (Å²) in [6, 6.07) is 12.2. The summed E-state index contributed by atoms with van der Waals surface area (Å²) in [5.41, 5.74) is 1.82. The highest BCUT2D eigenvalue weighted by molar-refractivity contribution is 7.54. The molecule has 0 radical (unpaired) electrons. The van der Waals surface area contributed by atoms with Gasteiger partial charge >= 0.3 is 13.6 Å². The van der Waals surface area contributed by atoms with E-state index in [1.807, 2.05) is 0 Å². The van der Waals surface area contributed by atoms with Crippen molar-refractivity contribution in [2.45, 2.75) is 33.2 Å². The highest BCUT2D eigenvalue weighted by Crippen LogP contribution is 2.61. The van der Waals surface area contributed by atoms with Crippen molar-refractivity contribution < 1.29 is 23.1 Å². The van der Waals surface area contributed by atoms with E-state index in [9.17, 15) is 9.36 Å². The number of carbonyl (C=O) groups excluding carboxylic acids is 1. The Bertz CT molecular complexity index is 1080. The minimum absolute atomic E-state index is 0.00685. The molecule has 1 unspecified atom stereocenters. The van der Waals surface area contributed by atoms with E-state index in [2.05, 4.69) is 15.3 Å². The number of halogens is 1. The molecule has 11 heteroatoms. The molecule has 0 N–H and O–H groups in total. The van der Waals surface area contributed by atoms with E-state index in [4.69, 9.17) is 25.4 Å². The fourth-order valence-electron chi connectivity index (χ4n) is 2.99.